The highest BCUT2D eigenvalue weighted by molar-refractivity contribution is 5.98. The third-order valence-corrected chi connectivity index (χ3v) is 5.40. The normalized spacial score (nSPS) is 22.8. The third-order valence-electron chi connectivity index (χ3n) is 5.40. The van der Waals surface area contributed by atoms with Crippen molar-refractivity contribution < 1.29 is 45.4 Å². The smallest absolute Gasteiger partial charge is 0.417 e. The average molecular weight is 476 g/mol. The van der Waals surface area contributed by atoms with Gasteiger partial charge in [-0.25, -0.2) is 8.78 Å². The monoisotopic (exact) mass is 476 g/mol. The molecule has 33 heavy (non-hydrogen) atoms. The van der Waals surface area contributed by atoms with Crippen molar-refractivity contribution in [1.29, 1.82) is 0 Å². The number of hydrogen-bond acceptors (Lipinski definition) is 4. The van der Waals surface area contributed by atoms with Crippen molar-refractivity contribution in [1.82, 2.24) is 0 Å². The predicted molar refractivity (Wildman–Crippen MR) is 103 cm³/mol. The van der Waals surface area contributed by atoms with Crippen LogP contribution in [0.2, 0.25) is 0 Å². The van der Waals surface area contributed by atoms with Gasteiger partial charge in [-0.1, -0.05) is 6.07 Å². The van der Waals surface area contributed by atoms with Crippen molar-refractivity contribution in [3.05, 3.63) is 58.9 Å². The van der Waals surface area contributed by atoms with E-state index < -0.39 is 70.8 Å². The number of nitrogens with two attached hydrogens (primary N) is 1. The van der Waals surface area contributed by atoms with Crippen LogP contribution in [0.25, 0.3) is 0 Å². The van der Waals surface area contributed by atoms with Crippen LogP contribution in [0.4, 0.5) is 32.0 Å². The highest BCUT2D eigenvalue weighted by Crippen LogP contribution is 2.51. The van der Waals surface area contributed by atoms with Crippen LogP contribution >= 0.6 is 0 Å². The first kappa shape index (κ1) is 24.4. The Morgan fingerprint density at radius 1 is 1.15 bits per heavy atom. The Labute approximate surface area is 183 Å². The van der Waals surface area contributed by atoms with Crippen LogP contribution in [0.3, 0.4) is 0 Å². The van der Waals surface area contributed by atoms with E-state index in [4.69, 9.17) is 15.2 Å². The van der Waals surface area contributed by atoms with Crippen LogP contribution in [0.1, 0.15) is 35.2 Å². The molecule has 1 aliphatic heterocycles. The lowest BCUT2D eigenvalue weighted by molar-refractivity contribution is -0.261. The number of hydrogen-bond donors (Lipinski definition) is 2. The van der Waals surface area contributed by atoms with Gasteiger partial charge in [-0.15, -0.1) is 0 Å². The summed E-state index contributed by atoms with van der Waals surface area (Å²) in [5, 5.41) is 2.24. The summed E-state index contributed by atoms with van der Waals surface area (Å²) >= 11 is 0. The van der Waals surface area contributed by atoms with Crippen molar-refractivity contribution in [2.24, 2.45) is 5.73 Å². The molecular formula is C21H18F6N2O4. The zero-order valence-electron chi connectivity index (χ0n) is 17.2. The first-order valence-corrected chi connectivity index (χ1v) is 9.45. The van der Waals surface area contributed by atoms with Crippen molar-refractivity contribution >= 4 is 17.5 Å². The lowest BCUT2D eigenvalue weighted by atomic mass is 9.85. The lowest BCUT2D eigenvalue weighted by Crippen LogP contribution is -2.43. The number of primary amides is 1. The highest BCUT2D eigenvalue weighted by Gasteiger charge is 2.61. The summed E-state index contributed by atoms with van der Waals surface area (Å²) in [6, 6.07) is 4.51. The molecule has 1 saturated heterocycles. The molecule has 3 rings (SSSR count). The van der Waals surface area contributed by atoms with Gasteiger partial charge in [0.15, 0.2) is 17.2 Å². The Morgan fingerprint density at radius 3 is 2.36 bits per heavy atom. The predicted octanol–water partition coefficient (Wildman–Crippen LogP) is 4.04. The molecule has 1 aliphatic rings. The van der Waals surface area contributed by atoms with Gasteiger partial charge in [-0.05, 0) is 37.6 Å². The molecular weight excluding hydrogens is 458 g/mol. The number of carbonyl (C=O) groups excluding carboxylic acids is 2. The van der Waals surface area contributed by atoms with E-state index in [1.807, 2.05) is 0 Å². The van der Waals surface area contributed by atoms with Crippen LogP contribution in [-0.2, 0) is 9.53 Å². The molecule has 0 spiro atoms. The molecule has 0 saturated carbocycles. The average Bonchev–Trinajstić information content (AvgIpc) is 3.10. The van der Waals surface area contributed by atoms with Crippen LogP contribution in [0.5, 0.6) is 5.75 Å². The fourth-order valence-corrected chi connectivity index (χ4v) is 3.68. The van der Waals surface area contributed by atoms with Crippen LogP contribution in [0.15, 0.2) is 30.3 Å². The second-order valence-corrected chi connectivity index (χ2v) is 7.61. The molecule has 1 heterocycles. The van der Waals surface area contributed by atoms with Crippen LogP contribution in [0, 0.1) is 17.5 Å². The van der Waals surface area contributed by atoms with Crippen LogP contribution in [-0.4, -0.2) is 36.8 Å². The molecule has 0 aliphatic carbocycles. The Morgan fingerprint density at radius 2 is 1.79 bits per heavy atom. The Hall–Kier alpha value is -3.28. The number of benzene rings is 2. The minimum absolute atomic E-state index is 0.143. The van der Waals surface area contributed by atoms with Crippen LogP contribution < -0.4 is 15.8 Å². The number of nitrogens with one attached hydrogen (secondary N) is 1. The molecule has 0 bridgehead atoms. The van der Waals surface area contributed by atoms with Gasteiger partial charge in [0.05, 0.1) is 12.7 Å². The van der Waals surface area contributed by atoms with Crippen molar-refractivity contribution in [2.75, 3.05) is 12.4 Å². The molecule has 6 nitrogen and oxygen atoms in total. The van der Waals surface area contributed by atoms with Gasteiger partial charge in [0, 0.05) is 17.2 Å². The van der Waals surface area contributed by atoms with E-state index in [0.717, 1.165) is 38.3 Å². The van der Waals surface area contributed by atoms with Gasteiger partial charge in [0.2, 0.25) is 5.82 Å². The number of anilines is 1. The van der Waals surface area contributed by atoms with Gasteiger partial charge in [-0.3, -0.25) is 9.59 Å². The highest BCUT2D eigenvalue weighted by atomic mass is 19.4. The topological polar surface area (TPSA) is 90.7 Å². The maximum Gasteiger partial charge on any atom is 0.417 e. The molecule has 3 atom stereocenters. The SMILES string of the molecule is COc1c([C@@H]2C[C@@](C)(C(F)(F)F)O[C@@H]2C(=O)Nc2ccc(F)c(C(N)=O)c2)ccc(F)c1F. The Bertz CT molecular complexity index is 1110. The largest absolute Gasteiger partial charge is 0.493 e. The van der Waals surface area contributed by atoms with Gasteiger partial charge >= 0.3 is 6.18 Å². The van der Waals surface area contributed by atoms with Gasteiger partial charge in [0.25, 0.3) is 11.8 Å². The summed E-state index contributed by atoms with van der Waals surface area (Å²) < 4.78 is 92.6. The van der Waals surface area contributed by atoms with E-state index in [-0.39, 0.29) is 11.3 Å². The fraction of sp³-hybridized carbons (Fsp3) is 0.333. The molecule has 0 radical (unpaired) electrons. The molecule has 2 aromatic carbocycles. The summed E-state index contributed by atoms with van der Waals surface area (Å²) in [5.74, 6) is -7.97. The van der Waals surface area contributed by atoms with Crippen molar-refractivity contribution in [3.8, 4) is 5.75 Å². The first-order valence-electron chi connectivity index (χ1n) is 9.45. The number of carbonyl (C=O) groups is 2. The number of methoxy groups -OCH3 is 1. The van der Waals surface area contributed by atoms with E-state index in [1.165, 1.54) is 0 Å². The minimum atomic E-state index is -4.90. The van der Waals surface area contributed by atoms with E-state index >= 15 is 0 Å². The number of amides is 2. The van der Waals surface area contributed by atoms with E-state index in [1.54, 1.807) is 0 Å². The minimum Gasteiger partial charge on any atom is -0.493 e. The lowest BCUT2D eigenvalue weighted by Gasteiger charge is -2.27. The van der Waals surface area contributed by atoms with Gasteiger partial charge in [-0.2, -0.15) is 17.6 Å². The van der Waals surface area contributed by atoms with Gasteiger partial charge < -0.3 is 20.5 Å². The standard InChI is InChI=1S/C21H18F6N2O4/c1-20(21(25,26)27)8-12(10-4-6-14(23)15(24)16(10)32-2)17(33-20)19(31)29-9-3-5-13(22)11(7-9)18(28)30/h3-7,12,17H,8H2,1-2H3,(H2,28,30)(H,29,31)/t12-,17-,20-/m0/s1. The maximum atomic E-state index is 14.2. The molecule has 3 N–H and O–H groups in total. The maximum absolute atomic E-state index is 14.2. The summed E-state index contributed by atoms with van der Waals surface area (Å²) in [4.78, 5) is 24.2. The molecule has 2 aromatic rings. The van der Waals surface area contributed by atoms with Crippen molar-refractivity contribution in [2.45, 2.75) is 37.1 Å². The molecule has 0 unspecified atom stereocenters. The summed E-state index contributed by atoms with van der Waals surface area (Å²) in [7, 11) is 0.999. The molecule has 0 aromatic heterocycles. The first-order chi connectivity index (χ1) is 15.3. The summed E-state index contributed by atoms with van der Waals surface area (Å²) in [5.41, 5.74) is 1.35. The Kier molecular flexibility index (Phi) is 6.33. The molecule has 178 valence electrons. The Balaban J connectivity index is 2.02. The number of alkyl halides is 3. The second-order valence-electron chi connectivity index (χ2n) is 7.61. The molecule has 2 amide bonds. The fourth-order valence-electron chi connectivity index (χ4n) is 3.68. The zero-order valence-corrected chi connectivity index (χ0v) is 17.2. The van der Waals surface area contributed by atoms with Crippen molar-refractivity contribution in [3.63, 3.8) is 0 Å². The van der Waals surface area contributed by atoms with E-state index in [9.17, 15) is 35.9 Å². The van der Waals surface area contributed by atoms with Gasteiger partial charge in [0.1, 0.15) is 11.9 Å². The summed E-state index contributed by atoms with van der Waals surface area (Å²) in [6.45, 7) is 0.725. The number of rotatable bonds is 5. The third kappa shape index (κ3) is 4.47. The van der Waals surface area contributed by atoms with E-state index in [0.29, 0.717) is 6.07 Å². The number of halogens is 6. The van der Waals surface area contributed by atoms with E-state index in [2.05, 4.69) is 5.32 Å². The quantitative estimate of drug-likeness (QED) is 0.638. The second kappa shape index (κ2) is 8.58. The number of ether oxygens (including phenoxy) is 2. The molecule has 1 fully saturated rings. The summed E-state index contributed by atoms with van der Waals surface area (Å²) in [6.07, 6.45) is -7.52. The molecule has 12 heteroatoms. The zero-order chi connectivity index (χ0) is 24.7.